The molecule has 0 radical (unpaired) electrons. The molecule has 3 heteroatoms. The van der Waals surface area contributed by atoms with Crippen molar-refractivity contribution < 1.29 is 4.79 Å². The van der Waals surface area contributed by atoms with Gasteiger partial charge >= 0.3 is 0 Å². The van der Waals surface area contributed by atoms with E-state index in [-0.39, 0.29) is 16.9 Å². The van der Waals surface area contributed by atoms with Crippen LogP contribution in [0.1, 0.15) is 46.5 Å². The summed E-state index contributed by atoms with van der Waals surface area (Å²) in [5, 5.41) is 6.59. The average molecular weight is 224 g/mol. The Balaban J connectivity index is 2.00. The standard InChI is InChI=1S/C13H24N2O/c1-4-13(7-8-14-9-13)11(16)15-12(2,3)10-5-6-10/h10,14H,4-9H2,1-3H3,(H,15,16). The second-order valence-corrected chi connectivity index (χ2v) is 6.01. The van der Waals surface area contributed by atoms with Gasteiger partial charge in [-0.05, 0) is 52.0 Å². The monoisotopic (exact) mass is 224 g/mol. The highest BCUT2D eigenvalue weighted by Crippen LogP contribution is 2.40. The number of carbonyl (C=O) groups excluding carboxylic acids is 1. The van der Waals surface area contributed by atoms with E-state index in [1.807, 2.05) is 0 Å². The molecule has 2 N–H and O–H groups in total. The number of amides is 1. The molecule has 1 heterocycles. The first-order valence-corrected chi connectivity index (χ1v) is 6.53. The minimum Gasteiger partial charge on any atom is -0.350 e. The first-order chi connectivity index (χ1) is 7.50. The third kappa shape index (κ3) is 2.10. The lowest BCUT2D eigenvalue weighted by Gasteiger charge is -2.33. The number of nitrogens with one attached hydrogen (secondary N) is 2. The summed E-state index contributed by atoms with van der Waals surface area (Å²) in [5.41, 5.74) is -0.159. The van der Waals surface area contributed by atoms with Crippen molar-refractivity contribution in [1.29, 1.82) is 0 Å². The second kappa shape index (κ2) is 4.02. The van der Waals surface area contributed by atoms with Crippen molar-refractivity contribution in [2.75, 3.05) is 13.1 Å². The molecule has 0 aromatic heterocycles. The zero-order chi connectivity index (χ0) is 11.8. The van der Waals surface area contributed by atoms with E-state index >= 15 is 0 Å². The quantitative estimate of drug-likeness (QED) is 0.763. The molecule has 1 atom stereocenters. The van der Waals surface area contributed by atoms with Gasteiger partial charge in [-0.15, -0.1) is 0 Å². The van der Waals surface area contributed by atoms with Crippen molar-refractivity contribution in [2.24, 2.45) is 11.3 Å². The molecule has 1 amide bonds. The van der Waals surface area contributed by atoms with Gasteiger partial charge in [0.15, 0.2) is 0 Å². The molecule has 1 aliphatic heterocycles. The number of rotatable bonds is 4. The highest BCUT2D eigenvalue weighted by Gasteiger charge is 2.45. The van der Waals surface area contributed by atoms with Crippen LogP contribution >= 0.6 is 0 Å². The van der Waals surface area contributed by atoms with E-state index in [9.17, 15) is 4.79 Å². The van der Waals surface area contributed by atoms with Crippen LogP contribution in [0.3, 0.4) is 0 Å². The Morgan fingerprint density at radius 3 is 2.62 bits per heavy atom. The SMILES string of the molecule is CCC1(C(=O)NC(C)(C)C2CC2)CCNC1. The molecule has 2 aliphatic rings. The van der Waals surface area contributed by atoms with E-state index in [4.69, 9.17) is 0 Å². The van der Waals surface area contributed by atoms with Crippen LogP contribution in [0.5, 0.6) is 0 Å². The smallest absolute Gasteiger partial charge is 0.227 e. The summed E-state index contributed by atoms with van der Waals surface area (Å²) in [6.07, 6.45) is 4.46. The average Bonchev–Trinajstić information content (AvgIpc) is 2.97. The molecule has 1 saturated heterocycles. The Hall–Kier alpha value is -0.570. The molecule has 0 spiro atoms. The van der Waals surface area contributed by atoms with Crippen molar-refractivity contribution in [2.45, 2.75) is 52.0 Å². The topological polar surface area (TPSA) is 41.1 Å². The van der Waals surface area contributed by atoms with Crippen LogP contribution in [-0.4, -0.2) is 24.5 Å². The summed E-state index contributed by atoms with van der Waals surface area (Å²) in [4.78, 5) is 12.4. The lowest BCUT2D eigenvalue weighted by Crippen LogP contribution is -2.52. The molecule has 0 aromatic carbocycles. The first kappa shape index (κ1) is 11.9. The normalized spacial score (nSPS) is 30.4. The van der Waals surface area contributed by atoms with Gasteiger partial charge in [-0.2, -0.15) is 0 Å². The lowest BCUT2D eigenvalue weighted by atomic mass is 9.82. The molecule has 92 valence electrons. The largest absolute Gasteiger partial charge is 0.350 e. The summed E-state index contributed by atoms with van der Waals surface area (Å²) >= 11 is 0. The Morgan fingerprint density at radius 2 is 2.19 bits per heavy atom. The zero-order valence-corrected chi connectivity index (χ0v) is 10.7. The van der Waals surface area contributed by atoms with Crippen molar-refractivity contribution >= 4 is 5.91 Å². The minimum absolute atomic E-state index is 0.0121. The van der Waals surface area contributed by atoms with Crippen LogP contribution in [0.4, 0.5) is 0 Å². The van der Waals surface area contributed by atoms with Gasteiger partial charge in [0, 0.05) is 12.1 Å². The third-order valence-corrected chi connectivity index (χ3v) is 4.44. The van der Waals surface area contributed by atoms with Crippen LogP contribution in [0.15, 0.2) is 0 Å². The fourth-order valence-corrected chi connectivity index (χ4v) is 2.73. The van der Waals surface area contributed by atoms with Gasteiger partial charge in [-0.25, -0.2) is 0 Å². The van der Waals surface area contributed by atoms with Gasteiger partial charge in [-0.3, -0.25) is 4.79 Å². The molecule has 1 saturated carbocycles. The number of hydrogen-bond donors (Lipinski definition) is 2. The fraction of sp³-hybridized carbons (Fsp3) is 0.923. The van der Waals surface area contributed by atoms with Crippen molar-refractivity contribution in [3.63, 3.8) is 0 Å². The van der Waals surface area contributed by atoms with E-state index in [1.54, 1.807) is 0 Å². The van der Waals surface area contributed by atoms with Gasteiger partial charge < -0.3 is 10.6 Å². The number of carbonyl (C=O) groups is 1. The predicted octanol–water partition coefficient (Wildman–Crippen LogP) is 1.68. The van der Waals surface area contributed by atoms with E-state index in [0.29, 0.717) is 5.92 Å². The van der Waals surface area contributed by atoms with Crippen LogP contribution in [0, 0.1) is 11.3 Å². The molecule has 3 nitrogen and oxygen atoms in total. The van der Waals surface area contributed by atoms with Crippen LogP contribution in [-0.2, 0) is 4.79 Å². The Morgan fingerprint density at radius 1 is 1.50 bits per heavy atom. The fourth-order valence-electron chi connectivity index (χ4n) is 2.73. The van der Waals surface area contributed by atoms with E-state index < -0.39 is 0 Å². The zero-order valence-electron chi connectivity index (χ0n) is 10.7. The van der Waals surface area contributed by atoms with E-state index in [2.05, 4.69) is 31.4 Å². The van der Waals surface area contributed by atoms with Crippen molar-refractivity contribution in [3.8, 4) is 0 Å². The Kier molecular flexibility index (Phi) is 2.99. The van der Waals surface area contributed by atoms with Gasteiger partial charge in [0.25, 0.3) is 0 Å². The predicted molar refractivity (Wildman–Crippen MR) is 65.2 cm³/mol. The molecule has 16 heavy (non-hydrogen) atoms. The lowest BCUT2D eigenvalue weighted by molar-refractivity contribution is -0.132. The summed E-state index contributed by atoms with van der Waals surface area (Å²) in [7, 11) is 0. The molecule has 0 aromatic rings. The van der Waals surface area contributed by atoms with Crippen LogP contribution in [0.25, 0.3) is 0 Å². The molecule has 2 fully saturated rings. The van der Waals surface area contributed by atoms with E-state index in [1.165, 1.54) is 12.8 Å². The van der Waals surface area contributed by atoms with E-state index in [0.717, 1.165) is 25.9 Å². The Bertz CT molecular complexity index is 276. The third-order valence-electron chi connectivity index (χ3n) is 4.44. The highest BCUT2D eigenvalue weighted by atomic mass is 16.2. The first-order valence-electron chi connectivity index (χ1n) is 6.53. The van der Waals surface area contributed by atoms with Crippen LogP contribution in [0.2, 0.25) is 0 Å². The maximum absolute atomic E-state index is 12.4. The molecule has 2 rings (SSSR count). The van der Waals surface area contributed by atoms with Crippen molar-refractivity contribution in [3.05, 3.63) is 0 Å². The summed E-state index contributed by atoms with van der Waals surface area (Å²) in [5.74, 6) is 0.955. The maximum atomic E-state index is 12.4. The highest BCUT2D eigenvalue weighted by molar-refractivity contribution is 5.84. The molecule has 1 unspecified atom stereocenters. The van der Waals surface area contributed by atoms with Crippen LogP contribution < -0.4 is 10.6 Å². The van der Waals surface area contributed by atoms with Gasteiger partial charge in [0.2, 0.25) is 5.91 Å². The summed E-state index contributed by atoms with van der Waals surface area (Å²) < 4.78 is 0. The maximum Gasteiger partial charge on any atom is 0.227 e. The molecule has 1 aliphatic carbocycles. The summed E-state index contributed by atoms with van der Waals surface area (Å²) in [6, 6.07) is 0. The van der Waals surface area contributed by atoms with Gasteiger partial charge in [-0.1, -0.05) is 6.92 Å². The van der Waals surface area contributed by atoms with Gasteiger partial charge in [0.05, 0.1) is 5.41 Å². The molecular weight excluding hydrogens is 200 g/mol. The Labute approximate surface area is 98.4 Å². The second-order valence-electron chi connectivity index (χ2n) is 6.01. The minimum atomic E-state index is -0.147. The molecule has 0 bridgehead atoms. The van der Waals surface area contributed by atoms with Gasteiger partial charge in [0.1, 0.15) is 0 Å². The van der Waals surface area contributed by atoms with Crippen molar-refractivity contribution in [1.82, 2.24) is 10.6 Å². The number of hydrogen-bond acceptors (Lipinski definition) is 2. The summed E-state index contributed by atoms with van der Waals surface area (Å²) in [6.45, 7) is 8.26. The molecular formula is C13H24N2O.